The van der Waals surface area contributed by atoms with Gasteiger partial charge in [0.2, 0.25) is 11.8 Å². The van der Waals surface area contributed by atoms with Gasteiger partial charge in [-0.15, -0.1) is 0 Å². The zero-order valence-electron chi connectivity index (χ0n) is 23.5. The van der Waals surface area contributed by atoms with Crippen LogP contribution < -0.4 is 14.5 Å². The highest BCUT2D eigenvalue weighted by atomic mass is 16.5. The van der Waals surface area contributed by atoms with Crippen molar-refractivity contribution in [1.29, 1.82) is 0 Å². The molecule has 8 heteroatoms. The second-order valence-electron chi connectivity index (χ2n) is 10.3. The average molecular weight is 532 g/mol. The molecular weight excluding hydrogens is 490 g/mol. The number of benzene rings is 2. The summed E-state index contributed by atoms with van der Waals surface area (Å²) in [5.41, 5.74) is 3.94. The van der Waals surface area contributed by atoms with Crippen molar-refractivity contribution in [2.75, 3.05) is 43.6 Å². The Morgan fingerprint density at radius 2 is 1.77 bits per heavy atom. The van der Waals surface area contributed by atoms with Crippen LogP contribution in [0, 0.1) is 0 Å². The molecule has 0 atom stereocenters. The molecule has 1 aromatic heterocycles. The number of para-hydroxylation sites is 2. The van der Waals surface area contributed by atoms with Crippen LogP contribution in [0.2, 0.25) is 0 Å². The van der Waals surface area contributed by atoms with Gasteiger partial charge in [-0.3, -0.25) is 14.3 Å². The van der Waals surface area contributed by atoms with E-state index in [0.717, 1.165) is 60.4 Å². The zero-order valence-corrected chi connectivity index (χ0v) is 23.5. The lowest BCUT2D eigenvalue weighted by Crippen LogP contribution is -2.36. The van der Waals surface area contributed by atoms with E-state index < -0.39 is 0 Å². The fourth-order valence-corrected chi connectivity index (χ4v) is 5.21. The maximum Gasteiger partial charge on any atom is 0.224 e. The molecule has 3 aromatic rings. The van der Waals surface area contributed by atoms with Gasteiger partial charge in [-0.2, -0.15) is 5.10 Å². The highest BCUT2D eigenvalue weighted by Crippen LogP contribution is 2.28. The van der Waals surface area contributed by atoms with Gasteiger partial charge in [-0.05, 0) is 48.2 Å². The third kappa shape index (κ3) is 7.62. The van der Waals surface area contributed by atoms with Crippen molar-refractivity contribution in [2.24, 2.45) is 0 Å². The van der Waals surface area contributed by atoms with E-state index in [2.05, 4.69) is 28.2 Å². The molecule has 2 aromatic carbocycles. The smallest absolute Gasteiger partial charge is 0.224 e. The summed E-state index contributed by atoms with van der Waals surface area (Å²) in [6.07, 6.45) is 9.32. The molecule has 0 spiro atoms. The van der Waals surface area contributed by atoms with Gasteiger partial charge in [0.05, 0.1) is 19.3 Å². The van der Waals surface area contributed by atoms with Crippen LogP contribution >= 0.6 is 0 Å². The van der Waals surface area contributed by atoms with Gasteiger partial charge < -0.3 is 19.4 Å². The summed E-state index contributed by atoms with van der Waals surface area (Å²) in [5, 5.41) is 4.34. The first-order chi connectivity index (χ1) is 19.0. The lowest BCUT2D eigenvalue weighted by atomic mass is 10.0. The van der Waals surface area contributed by atoms with E-state index in [1.807, 2.05) is 58.1 Å². The zero-order chi connectivity index (χ0) is 27.6. The SMILES string of the molecule is COc1ccccc1N(C)CCC(=O)N1CCCCCCCN(C(C)=O)c2cc(Cn3cccn3)ccc2C1. The Labute approximate surface area is 232 Å². The Hall–Kier alpha value is -3.81. The minimum Gasteiger partial charge on any atom is -0.495 e. The highest BCUT2D eigenvalue weighted by Gasteiger charge is 2.22. The van der Waals surface area contributed by atoms with Crippen molar-refractivity contribution in [2.45, 2.75) is 58.5 Å². The van der Waals surface area contributed by atoms with Crippen molar-refractivity contribution < 1.29 is 14.3 Å². The molecule has 0 saturated heterocycles. The highest BCUT2D eigenvalue weighted by molar-refractivity contribution is 5.92. The lowest BCUT2D eigenvalue weighted by molar-refractivity contribution is -0.131. The molecule has 2 amide bonds. The van der Waals surface area contributed by atoms with Crippen LogP contribution in [0.1, 0.15) is 56.6 Å². The summed E-state index contributed by atoms with van der Waals surface area (Å²) in [4.78, 5) is 32.3. The van der Waals surface area contributed by atoms with Crippen molar-refractivity contribution in [3.63, 3.8) is 0 Å². The number of ether oxygens (including phenoxy) is 1. The van der Waals surface area contributed by atoms with Gasteiger partial charge in [-0.1, -0.05) is 43.5 Å². The number of rotatable bonds is 7. The topological polar surface area (TPSA) is 70.9 Å². The minimum absolute atomic E-state index is 0.0286. The first-order valence-corrected chi connectivity index (χ1v) is 14.0. The Kier molecular flexibility index (Phi) is 10.00. The van der Waals surface area contributed by atoms with E-state index in [1.54, 1.807) is 20.2 Å². The molecule has 0 unspecified atom stereocenters. The van der Waals surface area contributed by atoms with E-state index in [9.17, 15) is 9.59 Å². The Balaban J connectivity index is 1.56. The predicted octanol–water partition coefficient (Wildman–Crippen LogP) is 5.11. The van der Waals surface area contributed by atoms with Crippen molar-refractivity contribution >= 4 is 23.2 Å². The molecule has 0 N–H and O–H groups in total. The predicted molar refractivity (Wildman–Crippen MR) is 155 cm³/mol. The number of anilines is 2. The quantitative estimate of drug-likeness (QED) is 0.424. The number of aromatic nitrogens is 2. The number of carbonyl (C=O) groups excluding carboxylic acids is 2. The lowest BCUT2D eigenvalue weighted by Gasteiger charge is -2.30. The molecule has 4 rings (SSSR count). The second kappa shape index (κ2) is 13.8. The third-order valence-corrected chi connectivity index (χ3v) is 7.41. The molecule has 208 valence electrons. The summed E-state index contributed by atoms with van der Waals surface area (Å²) in [6, 6.07) is 16.0. The molecule has 0 radical (unpaired) electrons. The van der Waals surface area contributed by atoms with E-state index in [4.69, 9.17) is 4.74 Å². The van der Waals surface area contributed by atoms with Crippen LogP contribution in [0.3, 0.4) is 0 Å². The van der Waals surface area contributed by atoms with Crippen molar-refractivity contribution in [3.8, 4) is 5.75 Å². The molecular formula is C31H41N5O3. The average Bonchev–Trinajstić information content (AvgIpc) is 3.45. The molecule has 1 aliphatic rings. The van der Waals surface area contributed by atoms with E-state index in [1.165, 1.54) is 0 Å². The molecule has 1 aliphatic heterocycles. The first kappa shape index (κ1) is 28.2. The molecule has 0 saturated carbocycles. The van der Waals surface area contributed by atoms with Crippen molar-refractivity contribution in [1.82, 2.24) is 14.7 Å². The van der Waals surface area contributed by atoms with E-state index in [-0.39, 0.29) is 11.8 Å². The maximum absolute atomic E-state index is 13.6. The number of hydrogen-bond donors (Lipinski definition) is 0. The van der Waals surface area contributed by atoms with Crippen LogP contribution in [0.25, 0.3) is 0 Å². The summed E-state index contributed by atoms with van der Waals surface area (Å²) in [7, 11) is 3.65. The number of hydrogen-bond acceptors (Lipinski definition) is 5. The monoisotopic (exact) mass is 531 g/mol. The van der Waals surface area contributed by atoms with Crippen LogP contribution in [0.5, 0.6) is 5.75 Å². The van der Waals surface area contributed by atoms with Crippen LogP contribution in [-0.2, 0) is 22.7 Å². The molecule has 2 heterocycles. The molecule has 39 heavy (non-hydrogen) atoms. The first-order valence-electron chi connectivity index (χ1n) is 14.0. The minimum atomic E-state index is 0.0286. The van der Waals surface area contributed by atoms with Gasteiger partial charge in [0, 0.05) is 64.7 Å². The number of carbonyl (C=O) groups is 2. The number of methoxy groups -OCH3 is 1. The fraction of sp³-hybridized carbons (Fsp3) is 0.452. The van der Waals surface area contributed by atoms with Crippen LogP contribution in [-0.4, -0.2) is 60.3 Å². The fourth-order valence-electron chi connectivity index (χ4n) is 5.21. The third-order valence-electron chi connectivity index (χ3n) is 7.41. The normalized spacial score (nSPS) is 14.6. The largest absolute Gasteiger partial charge is 0.495 e. The summed E-state index contributed by atoms with van der Waals surface area (Å²) < 4.78 is 7.38. The van der Waals surface area contributed by atoms with E-state index in [0.29, 0.717) is 39.1 Å². The van der Waals surface area contributed by atoms with Crippen molar-refractivity contribution in [3.05, 3.63) is 72.1 Å². The number of amides is 2. The Morgan fingerprint density at radius 3 is 2.51 bits per heavy atom. The maximum atomic E-state index is 13.6. The Morgan fingerprint density at radius 1 is 1.00 bits per heavy atom. The van der Waals surface area contributed by atoms with E-state index >= 15 is 0 Å². The van der Waals surface area contributed by atoms with Gasteiger partial charge in [-0.25, -0.2) is 0 Å². The molecule has 0 fully saturated rings. The van der Waals surface area contributed by atoms with Gasteiger partial charge in [0.25, 0.3) is 0 Å². The number of fused-ring (bicyclic) bond motifs is 1. The van der Waals surface area contributed by atoms with Gasteiger partial charge >= 0.3 is 0 Å². The summed E-state index contributed by atoms with van der Waals surface area (Å²) in [5.74, 6) is 0.943. The van der Waals surface area contributed by atoms with Crippen LogP contribution in [0.4, 0.5) is 11.4 Å². The standard InChI is InChI=1S/C31H41N5O3/c1-25(37)36-20-10-6-4-5-9-18-34(31(38)16-21-33(2)28-12-7-8-13-30(28)39-3)24-27-15-14-26(22-29(27)36)23-35-19-11-17-32-35/h7-8,11-15,17,19,22H,4-6,9-10,16,18,20-21,23-24H2,1-3H3. The molecule has 0 bridgehead atoms. The summed E-state index contributed by atoms with van der Waals surface area (Å²) in [6.45, 7) is 4.73. The van der Waals surface area contributed by atoms with Gasteiger partial charge in [0.1, 0.15) is 5.75 Å². The number of nitrogens with zero attached hydrogens (tertiary/aromatic N) is 5. The van der Waals surface area contributed by atoms with Crippen LogP contribution in [0.15, 0.2) is 60.9 Å². The second-order valence-corrected chi connectivity index (χ2v) is 10.3. The summed E-state index contributed by atoms with van der Waals surface area (Å²) >= 11 is 0. The molecule has 8 nitrogen and oxygen atoms in total. The Bertz CT molecular complexity index is 1230. The molecule has 0 aliphatic carbocycles. The van der Waals surface area contributed by atoms with Gasteiger partial charge in [0.15, 0.2) is 0 Å².